The zero-order valence-electron chi connectivity index (χ0n) is 10.5. The predicted molar refractivity (Wildman–Crippen MR) is 70.1 cm³/mol. The number of nitrogens with zero attached hydrogens (tertiary/aromatic N) is 1. The van der Waals surface area contributed by atoms with Crippen molar-refractivity contribution in [2.75, 3.05) is 14.2 Å². The van der Waals surface area contributed by atoms with Gasteiger partial charge in [-0.15, -0.1) is 0 Å². The molecule has 4 heteroatoms. The summed E-state index contributed by atoms with van der Waals surface area (Å²) in [5.41, 5.74) is 1.18. The minimum atomic E-state index is 0.541. The van der Waals surface area contributed by atoms with Crippen molar-refractivity contribution in [2.45, 2.75) is 6.54 Å². The Labute approximate surface area is 107 Å². The predicted octanol–water partition coefficient (Wildman–Crippen LogP) is 2.60. The van der Waals surface area contributed by atoms with Gasteiger partial charge in [-0.1, -0.05) is 12.1 Å². The lowest BCUT2D eigenvalue weighted by Gasteiger charge is -2.08. The SMILES string of the molecule is CNCc1cccc(Oc2ccnc(OC)c2)c1. The molecular weight excluding hydrogens is 228 g/mol. The van der Waals surface area contributed by atoms with Gasteiger partial charge in [0.15, 0.2) is 0 Å². The van der Waals surface area contributed by atoms with Crippen LogP contribution in [0.25, 0.3) is 0 Å². The lowest BCUT2D eigenvalue weighted by Crippen LogP contribution is -2.04. The van der Waals surface area contributed by atoms with Crippen LogP contribution in [0.4, 0.5) is 0 Å². The molecular formula is C14H16N2O2. The zero-order valence-corrected chi connectivity index (χ0v) is 10.5. The molecule has 0 aliphatic carbocycles. The standard InChI is InChI=1S/C14H16N2O2/c1-15-10-11-4-3-5-12(8-11)18-13-6-7-16-14(9-13)17-2/h3-9,15H,10H2,1-2H3. The maximum absolute atomic E-state index is 5.76. The number of nitrogens with one attached hydrogen (secondary N) is 1. The lowest BCUT2D eigenvalue weighted by atomic mass is 10.2. The molecule has 2 rings (SSSR count). The molecule has 0 aliphatic rings. The summed E-state index contributed by atoms with van der Waals surface area (Å²) in [6.07, 6.45) is 1.66. The summed E-state index contributed by atoms with van der Waals surface area (Å²) >= 11 is 0. The summed E-state index contributed by atoms with van der Waals surface area (Å²) in [6.45, 7) is 0.816. The first-order valence-electron chi connectivity index (χ1n) is 5.73. The van der Waals surface area contributed by atoms with Crippen LogP contribution in [-0.4, -0.2) is 19.1 Å². The average Bonchev–Trinajstić information content (AvgIpc) is 2.40. The summed E-state index contributed by atoms with van der Waals surface area (Å²) in [7, 11) is 3.50. The fraction of sp³-hybridized carbons (Fsp3) is 0.214. The van der Waals surface area contributed by atoms with E-state index in [1.165, 1.54) is 5.56 Å². The second-order valence-electron chi connectivity index (χ2n) is 3.81. The molecule has 2 aromatic rings. The summed E-state index contributed by atoms with van der Waals surface area (Å²) in [6, 6.07) is 11.5. The fourth-order valence-corrected chi connectivity index (χ4v) is 1.63. The van der Waals surface area contributed by atoms with E-state index in [4.69, 9.17) is 9.47 Å². The van der Waals surface area contributed by atoms with Crippen LogP contribution in [0, 0.1) is 0 Å². The quantitative estimate of drug-likeness (QED) is 0.878. The number of rotatable bonds is 5. The number of pyridine rings is 1. The molecule has 1 aromatic carbocycles. The molecule has 4 nitrogen and oxygen atoms in total. The first-order valence-corrected chi connectivity index (χ1v) is 5.73. The van der Waals surface area contributed by atoms with Gasteiger partial charge in [0.1, 0.15) is 11.5 Å². The van der Waals surface area contributed by atoms with Gasteiger partial charge < -0.3 is 14.8 Å². The van der Waals surface area contributed by atoms with Crippen molar-refractivity contribution in [1.29, 1.82) is 0 Å². The van der Waals surface area contributed by atoms with E-state index in [1.54, 1.807) is 25.4 Å². The molecule has 0 spiro atoms. The molecule has 0 radical (unpaired) electrons. The van der Waals surface area contributed by atoms with Gasteiger partial charge in [-0.05, 0) is 30.8 Å². The van der Waals surface area contributed by atoms with E-state index in [0.29, 0.717) is 11.6 Å². The second-order valence-corrected chi connectivity index (χ2v) is 3.81. The van der Waals surface area contributed by atoms with Gasteiger partial charge in [0.2, 0.25) is 5.88 Å². The molecule has 0 saturated carbocycles. The number of hydrogen-bond donors (Lipinski definition) is 1. The molecule has 0 saturated heterocycles. The highest BCUT2D eigenvalue weighted by Gasteiger charge is 2.01. The highest BCUT2D eigenvalue weighted by atomic mass is 16.5. The van der Waals surface area contributed by atoms with Crippen molar-refractivity contribution in [3.8, 4) is 17.4 Å². The minimum Gasteiger partial charge on any atom is -0.481 e. The van der Waals surface area contributed by atoms with Crippen LogP contribution in [0.1, 0.15) is 5.56 Å². The van der Waals surface area contributed by atoms with Gasteiger partial charge >= 0.3 is 0 Å². The molecule has 1 heterocycles. The second kappa shape index (κ2) is 6.02. The molecule has 18 heavy (non-hydrogen) atoms. The van der Waals surface area contributed by atoms with E-state index in [1.807, 2.05) is 25.2 Å². The minimum absolute atomic E-state index is 0.541. The Kier molecular flexibility index (Phi) is 4.15. The Hall–Kier alpha value is -2.07. The molecule has 0 amide bonds. The Morgan fingerprint density at radius 2 is 2.00 bits per heavy atom. The van der Waals surface area contributed by atoms with Gasteiger partial charge in [-0.2, -0.15) is 0 Å². The van der Waals surface area contributed by atoms with E-state index in [9.17, 15) is 0 Å². The van der Waals surface area contributed by atoms with E-state index in [2.05, 4.69) is 16.4 Å². The topological polar surface area (TPSA) is 43.4 Å². The van der Waals surface area contributed by atoms with Gasteiger partial charge in [-0.25, -0.2) is 4.98 Å². The van der Waals surface area contributed by atoms with E-state index in [-0.39, 0.29) is 0 Å². The largest absolute Gasteiger partial charge is 0.481 e. The molecule has 1 aromatic heterocycles. The maximum atomic E-state index is 5.76. The average molecular weight is 244 g/mol. The van der Waals surface area contributed by atoms with E-state index >= 15 is 0 Å². The van der Waals surface area contributed by atoms with Crippen LogP contribution in [0.15, 0.2) is 42.6 Å². The summed E-state index contributed by atoms with van der Waals surface area (Å²) in [4.78, 5) is 4.03. The summed E-state index contributed by atoms with van der Waals surface area (Å²) < 4.78 is 10.8. The first-order chi connectivity index (χ1) is 8.81. The Morgan fingerprint density at radius 3 is 2.78 bits per heavy atom. The lowest BCUT2D eigenvalue weighted by molar-refractivity contribution is 0.392. The number of aromatic nitrogens is 1. The first kappa shape index (κ1) is 12.4. The molecule has 0 unspecified atom stereocenters. The van der Waals surface area contributed by atoms with Crippen molar-refractivity contribution in [1.82, 2.24) is 10.3 Å². The maximum Gasteiger partial charge on any atom is 0.216 e. The van der Waals surface area contributed by atoms with Crippen molar-refractivity contribution in [3.05, 3.63) is 48.2 Å². The number of benzene rings is 1. The third kappa shape index (κ3) is 3.21. The Balaban J connectivity index is 2.14. The van der Waals surface area contributed by atoms with Gasteiger partial charge in [0.25, 0.3) is 0 Å². The smallest absolute Gasteiger partial charge is 0.216 e. The Morgan fingerprint density at radius 1 is 1.17 bits per heavy atom. The highest BCUT2D eigenvalue weighted by Crippen LogP contribution is 2.24. The van der Waals surface area contributed by atoms with Crippen LogP contribution < -0.4 is 14.8 Å². The number of hydrogen-bond acceptors (Lipinski definition) is 4. The van der Waals surface area contributed by atoms with Crippen molar-refractivity contribution in [2.24, 2.45) is 0 Å². The molecule has 94 valence electrons. The van der Waals surface area contributed by atoms with E-state index in [0.717, 1.165) is 12.3 Å². The zero-order chi connectivity index (χ0) is 12.8. The van der Waals surface area contributed by atoms with Gasteiger partial charge in [-0.3, -0.25) is 0 Å². The number of ether oxygens (including phenoxy) is 2. The molecule has 0 bridgehead atoms. The molecule has 0 fully saturated rings. The van der Waals surface area contributed by atoms with Crippen LogP contribution in [-0.2, 0) is 6.54 Å². The van der Waals surface area contributed by atoms with Crippen molar-refractivity contribution >= 4 is 0 Å². The summed E-state index contributed by atoms with van der Waals surface area (Å²) in [5, 5.41) is 3.11. The molecule has 0 atom stereocenters. The van der Waals surface area contributed by atoms with Gasteiger partial charge in [0.05, 0.1) is 7.11 Å². The van der Waals surface area contributed by atoms with Crippen LogP contribution in [0.5, 0.6) is 17.4 Å². The summed E-state index contributed by atoms with van der Waals surface area (Å²) in [5.74, 6) is 2.05. The Bertz CT molecular complexity index is 515. The normalized spacial score (nSPS) is 10.1. The molecule has 1 N–H and O–H groups in total. The van der Waals surface area contributed by atoms with E-state index < -0.39 is 0 Å². The third-order valence-corrected chi connectivity index (χ3v) is 2.43. The highest BCUT2D eigenvalue weighted by molar-refractivity contribution is 5.35. The molecule has 0 aliphatic heterocycles. The van der Waals surface area contributed by atoms with Gasteiger partial charge in [0, 0.05) is 18.8 Å². The van der Waals surface area contributed by atoms with Crippen LogP contribution in [0.2, 0.25) is 0 Å². The number of methoxy groups -OCH3 is 1. The van der Waals surface area contributed by atoms with Crippen LogP contribution >= 0.6 is 0 Å². The monoisotopic (exact) mass is 244 g/mol. The van der Waals surface area contributed by atoms with Crippen molar-refractivity contribution in [3.63, 3.8) is 0 Å². The van der Waals surface area contributed by atoms with Crippen LogP contribution in [0.3, 0.4) is 0 Å². The van der Waals surface area contributed by atoms with Crippen molar-refractivity contribution < 1.29 is 9.47 Å². The fourth-order valence-electron chi connectivity index (χ4n) is 1.63. The third-order valence-electron chi connectivity index (χ3n) is 2.43.